The van der Waals surface area contributed by atoms with Gasteiger partial charge in [0.15, 0.2) is 5.78 Å². The Morgan fingerprint density at radius 3 is 2.57 bits per heavy atom. The van der Waals surface area contributed by atoms with Crippen LogP contribution in [0, 0.1) is 25.7 Å². The highest BCUT2D eigenvalue weighted by molar-refractivity contribution is 5.98. The van der Waals surface area contributed by atoms with E-state index in [2.05, 4.69) is 32.3 Å². The number of aryl methyl sites for hydroxylation is 1. The zero-order valence-electron chi connectivity index (χ0n) is 14.1. The van der Waals surface area contributed by atoms with Gasteiger partial charge in [-0.05, 0) is 57.9 Å². The van der Waals surface area contributed by atoms with Gasteiger partial charge in [-0.2, -0.15) is 0 Å². The van der Waals surface area contributed by atoms with Gasteiger partial charge in [0.05, 0.1) is 6.10 Å². The van der Waals surface area contributed by atoms with Crippen molar-refractivity contribution < 1.29 is 9.53 Å². The molecule has 0 radical (unpaired) electrons. The predicted octanol–water partition coefficient (Wildman–Crippen LogP) is 4.15. The lowest BCUT2D eigenvalue weighted by molar-refractivity contribution is 0.00705. The average Bonchev–Trinajstić information content (AvgIpc) is 2.74. The summed E-state index contributed by atoms with van der Waals surface area (Å²) >= 11 is 0. The zero-order valence-corrected chi connectivity index (χ0v) is 14.1. The average molecular weight is 291 g/mol. The van der Waals surface area contributed by atoms with E-state index in [0.29, 0.717) is 5.92 Å². The molecule has 3 heteroatoms. The summed E-state index contributed by atoms with van der Waals surface area (Å²) in [7, 11) is 0. The normalized spacial score (nSPS) is 26.0. The quantitative estimate of drug-likeness (QED) is 0.763. The number of ketones is 1. The van der Waals surface area contributed by atoms with Gasteiger partial charge < -0.3 is 9.30 Å². The molecule has 1 heterocycles. The number of carbonyl (C=O) groups is 1. The highest BCUT2D eigenvalue weighted by Crippen LogP contribution is 2.31. The monoisotopic (exact) mass is 291 g/mol. The Morgan fingerprint density at radius 1 is 1.29 bits per heavy atom. The molecule has 0 amide bonds. The largest absolute Gasteiger partial charge is 0.370 e. The third-order valence-corrected chi connectivity index (χ3v) is 5.19. The second-order valence-corrected chi connectivity index (χ2v) is 6.65. The maximum absolute atomic E-state index is 12.4. The van der Waals surface area contributed by atoms with Crippen LogP contribution >= 0.6 is 0 Å². The molecular formula is C18H29NO2. The Bertz CT molecular complexity index is 504. The van der Waals surface area contributed by atoms with Crippen molar-refractivity contribution in [3.63, 3.8) is 0 Å². The van der Waals surface area contributed by atoms with Crippen LogP contribution in [0.3, 0.4) is 0 Å². The van der Waals surface area contributed by atoms with E-state index >= 15 is 0 Å². The van der Waals surface area contributed by atoms with Gasteiger partial charge >= 0.3 is 0 Å². The summed E-state index contributed by atoms with van der Waals surface area (Å²) in [4.78, 5) is 12.4. The molecule has 2 rings (SSSR count). The molecule has 0 saturated heterocycles. The molecule has 3 unspecified atom stereocenters. The van der Waals surface area contributed by atoms with E-state index in [9.17, 15) is 4.79 Å². The SMILES string of the molecule is CCn1c(C)cc(C(=O)COC2CCC(C)C(C)C2)c1C. The van der Waals surface area contributed by atoms with Crippen LogP contribution in [-0.4, -0.2) is 23.1 Å². The number of hydrogen-bond acceptors (Lipinski definition) is 2. The summed E-state index contributed by atoms with van der Waals surface area (Å²) < 4.78 is 8.08. The fraction of sp³-hybridized carbons (Fsp3) is 0.722. The summed E-state index contributed by atoms with van der Waals surface area (Å²) in [5.41, 5.74) is 3.04. The van der Waals surface area contributed by atoms with Gasteiger partial charge in [0.25, 0.3) is 0 Å². The van der Waals surface area contributed by atoms with Gasteiger partial charge in [0.2, 0.25) is 0 Å². The van der Waals surface area contributed by atoms with Gasteiger partial charge in [-0.1, -0.05) is 13.8 Å². The van der Waals surface area contributed by atoms with Crippen LogP contribution in [0.2, 0.25) is 0 Å². The van der Waals surface area contributed by atoms with E-state index in [0.717, 1.165) is 42.3 Å². The van der Waals surface area contributed by atoms with Gasteiger partial charge in [0, 0.05) is 23.5 Å². The molecule has 21 heavy (non-hydrogen) atoms. The minimum Gasteiger partial charge on any atom is -0.370 e. The molecule has 1 aliphatic rings. The molecule has 1 aromatic rings. The fourth-order valence-electron chi connectivity index (χ4n) is 3.49. The van der Waals surface area contributed by atoms with Crippen LogP contribution < -0.4 is 0 Å². The molecule has 1 saturated carbocycles. The van der Waals surface area contributed by atoms with E-state index < -0.39 is 0 Å². The second kappa shape index (κ2) is 6.78. The minimum absolute atomic E-state index is 0.120. The lowest BCUT2D eigenvalue weighted by Gasteiger charge is -2.31. The standard InChI is InChI=1S/C18H29NO2/c1-6-19-14(4)10-17(15(19)5)18(20)11-21-16-8-7-12(2)13(3)9-16/h10,12-13,16H,6-9,11H2,1-5H3. The number of aromatic nitrogens is 1. The first kappa shape index (κ1) is 16.3. The van der Waals surface area contributed by atoms with E-state index in [4.69, 9.17) is 4.74 Å². The molecule has 0 N–H and O–H groups in total. The van der Waals surface area contributed by atoms with Gasteiger partial charge in [-0.25, -0.2) is 0 Å². The highest BCUT2D eigenvalue weighted by Gasteiger charge is 2.26. The molecule has 0 aromatic carbocycles. The Balaban J connectivity index is 1.93. The first-order chi connectivity index (χ1) is 9.93. The number of ether oxygens (including phenoxy) is 1. The van der Waals surface area contributed by atoms with E-state index in [1.165, 1.54) is 6.42 Å². The molecule has 1 aliphatic carbocycles. The van der Waals surface area contributed by atoms with Crippen LogP contribution in [0.5, 0.6) is 0 Å². The number of nitrogens with zero attached hydrogens (tertiary/aromatic N) is 1. The highest BCUT2D eigenvalue weighted by atomic mass is 16.5. The third-order valence-electron chi connectivity index (χ3n) is 5.19. The Kier molecular flexibility index (Phi) is 5.26. The number of Topliss-reactive ketones (excluding diaryl/α,β-unsaturated/α-hetero) is 1. The van der Waals surface area contributed by atoms with E-state index in [1.807, 2.05) is 13.0 Å². The smallest absolute Gasteiger partial charge is 0.190 e. The fourth-order valence-corrected chi connectivity index (χ4v) is 3.49. The molecular weight excluding hydrogens is 262 g/mol. The van der Waals surface area contributed by atoms with Gasteiger partial charge in [-0.15, -0.1) is 0 Å². The van der Waals surface area contributed by atoms with Crippen molar-refractivity contribution in [2.45, 2.75) is 66.5 Å². The summed E-state index contributed by atoms with van der Waals surface area (Å²) in [5.74, 6) is 1.60. The molecule has 0 spiro atoms. The molecule has 1 fully saturated rings. The summed E-state index contributed by atoms with van der Waals surface area (Å²) in [5, 5.41) is 0. The van der Waals surface area contributed by atoms with Gasteiger partial charge in [-0.3, -0.25) is 4.79 Å². The Morgan fingerprint density at radius 2 is 2.00 bits per heavy atom. The second-order valence-electron chi connectivity index (χ2n) is 6.65. The van der Waals surface area contributed by atoms with Crippen LogP contribution in [0.15, 0.2) is 6.07 Å². The molecule has 1 aromatic heterocycles. The van der Waals surface area contributed by atoms with Crippen molar-refractivity contribution in [2.24, 2.45) is 11.8 Å². The molecule has 0 aliphatic heterocycles. The minimum atomic E-state index is 0.120. The van der Waals surface area contributed by atoms with Crippen molar-refractivity contribution in [2.75, 3.05) is 6.61 Å². The summed E-state index contributed by atoms with van der Waals surface area (Å²) in [6.07, 6.45) is 3.65. The Labute approximate surface area is 128 Å². The molecule has 118 valence electrons. The molecule has 3 atom stereocenters. The van der Waals surface area contributed by atoms with Crippen LogP contribution in [-0.2, 0) is 11.3 Å². The van der Waals surface area contributed by atoms with Crippen molar-refractivity contribution >= 4 is 5.78 Å². The Hall–Kier alpha value is -1.09. The van der Waals surface area contributed by atoms with Crippen molar-refractivity contribution in [3.05, 3.63) is 23.0 Å². The van der Waals surface area contributed by atoms with Gasteiger partial charge in [0.1, 0.15) is 6.61 Å². The maximum Gasteiger partial charge on any atom is 0.190 e. The first-order valence-corrected chi connectivity index (χ1v) is 8.25. The topological polar surface area (TPSA) is 31.2 Å². The van der Waals surface area contributed by atoms with E-state index in [-0.39, 0.29) is 18.5 Å². The summed E-state index contributed by atoms with van der Waals surface area (Å²) in [6.45, 7) is 11.9. The third kappa shape index (κ3) is 3.57. The number of carbonyl (C=O) groups excluding carboxylic acids is 1. The number of hydrogen-bond donors (Lipinski definition) is 0. The van der Waals surface area contributed by atoms with Crippen molar-refractivity contribution in [1.82, 2.24) is 4.57 Å². The summed E-state index contributed by atoms with van der Waals surface area (Å²) in [6, 6.07) is 2.00. The molecule has 3 nitrogen and oxygen atoms in total. The van der Waals surface area contributed by atoms with Crippen molar-refractivity contribution in [1.29, 1.82) is 0 Å². The van der Waals surface area contributed by atoms with Crippen LogP contribution in [0.25, 0.3) is 0 Å². The lowest BCUT2D eigenvalue weighted by atomic mass is 9.80. The van der Waals surface area contributed by atoms with Crippen LogP contribution in [0.1, 0.15) is 61.8 Å². The maximum atomic E-state index is 12.4. The predicted molar refractivity (Wildman–Crippen MR) is 85.8 cm³/mol. The molecule has 0 bridgehead atoms. The first-order valence-electron chi connectivity index (χ1n) is 8.25. The van der Waals surface area contributed by atoms with Crippen molar-refractivity contribution in [3.8, 4) is 0 Å². The zero-order chi connectivity index (χ0) is 15.6. The number of rotatable bonds is 5. The lowest BCUT2D eigenvalue weighted by Crippen LogP contribution is -2.28. The van der Waals surface area contributed by atoms with Crippen LogP contribution in [0.4, 0.5) is 0 Å². The van der Waals surface area contributed by atoms with E-state index in [1.54, 1.807) is 0 Å².